The van der Waals surface area contributed by atoms with Crippen LogP contribution < -0.4 is 10.6 Å². The molecule has 82 heavy (non-hydrogen) atoms. The molecular formula is C59H105N2O14P7. The van der Waals surface area contributed by atoms with Gasteiger partial charge in [0, 0.05) is 38.8 Å². The van der Waals surface area contributed by atoms with Crippen molar-refractivity contribution in [2.75, 3.05) is 13.2 Å². The van der Waals surface area contributed by atoms with E-state index in [9.17, 15) is 29.4 Å². The molecule has 4 N–H and O–H groups in total. The van der Waals surface area contributed by atoms with Crippen molar-refractivity contribution in [1.29, 1.82) is 0 Å². The Kier molecular flexibility index (Phi) is 36.1. The molecule has 470 valence electrons. The molecule has 6 saturated heterocycles. The highest BCUT2D eigenvalue weighted by Crippen LogP contribution is 2.60. The highest BCUT2D eigenvalue weighted by Gasteiger charge is 2.61. The summed E-state index contributed by atoms with van der Waals surface area (Å²) < 4.78 is 45.0. The first-order chi connectivity index (χ1) is 37.7. The number of carbonyl (C=O) groups is 4. The van der Waals surface area contributed by atoms with Crippen LogP contribution in [0.1, 0.15) is 143 Å². The number of hydrogen-bond donors (Lipinski definition) is 4. The maximum Gasteiger partial charge on any atom is 0.303 e. The quantitative estimate of drug-likeness (QED) is 0.0283. The van der Waals surface area contributed by atoms with E-state index in [4.69, 9.17) is 37.9 Å². The van der Waals surface area contributed by atoms with Gasteiger partial charge in [0.15, 0.2) is 0 Å². The number of esters is 2. The van der Waals surface area contributed by atoms with Crippen LogP contribution in [0, 0.1) is 11.8 Å². The summed E-state index contributed by atoms with van der Waals surface area (Å²) in [6, 6.07) is -0.121. The Morgan fingerprint density at radius 2 is 1.04 bits per heavy atom. The normalized spacial score (nSPS) is 33.2. The molecule has 2 amide bonds. The van der Waals surface area contributed by atoms with Gasteiger partial charge >= 0.3 is 11.9 Å². The SMILES string of the molecule is C.C=C/C(C)=C/C[C@@H]1O[C@H](C)[C@H](NC(=O)/C=C\[C@H](C)OC(C)=O)C[C@@H]1C.C=C[C@H]1OC(C)(C)C[C@@]2(CO2)[C@@H]1O.CC(=O)O[C@@H](C)/C=C\C(=O)N[C@@H]1C[C@H](C)[C@H](C/C=C(C)/C=C/[C@H]2OC(C)(C)C[C@@]3(CO3)[C@@H]2O)O[C@@H]1C.PP(P)P.PPP. The second-order valence-corrected chi connectivity index (χ2v) is 39.1. The van der Waals surface area contributed by atoms with Crippen molar-refractivity contribution in [3.8, 4) is 0 Å². The van der Waals surface area contributed by atoms with Crippen LogP contribution in [0.5, 0.6) is 0 Å². The molecule has 16 nitrogen and oxygen atoms in total. The molecule has 0 aliphatic carbocycles. The average molecular weight is 1280 g/mol. The molecule has 0 aromatic heterocycles. The first kappa shape index (κ1) is 78.8. The molecule has 0 bridgehead atoms. The van der Waals surface area contributed by atoms with Crippen molar-refractivity contribution in [1.82, 2.24) is 10.6 Å². The van der Waals surface area contributed by atoms with E-state index < -0.39 is 36.1 Å². The third kappa shape index (κ3) is 29.2. The topological polar surface area (TPSA) is 213 Å². The standard InChI is InChI=1S/C28H43NO7.C20H31NO4.C10H16O3.CH4.H6P4.H5P3/c1-17(9-12-24-26(32)28(16-33-28)15-27(6,7)36-24)8-11-23-18(2)14-22(20(4)35-23)29-25(31)13-10-19(3)34-21(5)30;1-7-13(2)8-10-19-14(3)12-18(16(5)25-19)21-20(23)11-9-15(4)24-17(6)22;1-4-7-8(11)10(6-12-10)5-9(2,3)13-7;;1-4(2)3;1-3-2/h8-10,12-13,18-20,22-24,26,32H,11,14-16H2,1-7H3,(H,29,31);7-9,11,14-16,18-19H,1,10,12H2,2-6H3,(H,21,23);4,7-8,11H,1,5-6H2,2-3H3;1H4;1-3H2;3H,1-2H2/b12-9+,13-10-,17-8+;11-9-,13-8+;;;;/t18-,19-,20+,22+,23-,24+,26+,28+;14-,15-,16+,18+,19-;7-,8-,10-;;;/m001.../s1. The predicted octanol–water partition coefficient (Wildman–Crippen LogP) is 11.3. The molecule has 6 rings (SSSR count). The zero-order valence-electron chi connectivity index (χ0n) is 50.6. The summed E-state index contributed by atoms with van der Waals surface area (Å²) in [4.78, 5) is 46.2. The third-order valence-electron chi connectivity index (χ3n) is 14.4. The largest absolute Gasteiger partial charge is 0.459 e. The smallest absolute Gasteiger partial charge is 0.303 e. The Morgan fingerprint density at radius 1 is 0.683 bits per heavy atom. The fourth-order valence-corrected chi connectivity index (χ4v) is 10.2. The van der Waals surface area contributed by atoms with E-state index >= 15 is 0 Å². The second kappa shape index (κ2) is 37.6. The van der Waals surface area contributed by atoms with Crippen molar-refractivity contribution in [3.63, 3.8) is 0 Å². The van der Waals surface area contributed by atoms with Crippen LogP contribution in [0.4, 0.5) is 0 Å². The van der Waals surface area contributed by atoms with Crippen LogP contribution in [0.15, 0.2) is 85.1 Å². The number of aliphatic hydroxyl groups excluding tert-OH is 2. The number of nitrogens with one attached hydrogen (secondary N) is 2. The monoisotopic (exact) mass is 1280 g/mol. The van der Waals surface area contributed by atoms with Gasteiger partial charge in [-0.3, -0.25) is 19.2 Å². The first-order valence-electron chi connectivity index (χ1n) is 27.8. The summed E-state index contributed by atoms with van der Waals surface area (Å²) in [6.07, 6.45) is 19.6. The lowest BCUT2D eigenvalue weighted by Crippen LogP contribution is -2.53. The van der Waals surface area contributed by atoms with E-state index in [1.54, 1.807) is 32.1 Å². The van der Waals surface area contributed by atoms with Gasteiger partial charge in [0.2, 0.25) is 11.8 Å². The van der Waals surface area contributed by atoms with E-state index in [-0.39, 0.29) is 103 Å². The maximum absolute atomic E-state index is 12.3. The summed E-state index contributed by atoms with van der Waals surface area (Å²) in [6.45, 7) is 35.3. The molecule has 0 aromatic rings. The lowest BCUT2D eigenvalue weighted by atomic mass is 9.83. The number of carbonyl (C=O) groups excluding carboxylic acids is 4. The first-order valence-corrected chi connectivity index (χ1v) is 38.6. The van der Waals surface area contributed by atoms with E-state index in [0.29, 0.717) is 25.6 Å². The van der Waals surface area contributed by atoms with E-state index in [0.717, 1.165) is 51.2 Å². The van der Waals surface area contributed by atoms with Gasteiger partial charge in [0.1, 0.15) is 47.8 Å². The summed E-state index contributed by atoms with van der Waals surface area (Å²) in [5.41, 5.74) is 0.844. The molecule has 6 aliphatic rings. The number of rotatable bonds is 16. The van der Waals surface area contributed by atoms with Gasteiger partial charge in [-0.05, 0) is 126 Å². The highest BCUT2D eigenvalue weighted by atomic mass is 32.7. The number of hydrogen-bond acceptors (Lipinski definition) is 14. The highest BCUT2D eigenvalue weighted by molar-refractivity contribution is 8.65. The van der Waals surface area contributed by atoms with Crippen LogP contribution in [-0.4, -0.2) is 143 Å². The number of aliphatic hydroxyl groups is 2. The fourth-order valence-electron chi connectivity index (χ4n) is 10.2. The van der Waals surface area contributed by atoms with Gasteiger partial charge in [0.25, 0.3) is 0 Å². The van der Waals surface area contributed by atoms with Crippen LogP contribution in [-0.2, 0) is 57.1 Å². The van der Waals surface area contributed by atoms with Gasteiger partial charge in [0.05, 0.1) is 60.9 Å². The number of allylic oxidation sites excluding steroid dienone is 4. The van der Waals surface area contributed by atoms with Crippen molar-refractivity contribution in [2.24, 2.45) is 11.8 Å². The number of epoxide rings is 2. The summed E-state index contributed by atoms with van der Waals surface area (Å²) in [5.74, 6) is -0.569. The predicted molar refractivity (Wildman–Crippen MR) is 354 cm³/mol. The zero-order valence-corrected chi connectivity index (χ0v) is 58.2. The lowest BCUT2D eigenvalue weighted by Gasteiger charge is -2.41. The molecule has 6 heterocycles. The third-order valence-corrected chi connectivity index (χ3v) is 14.4. The van der Waals surface area contributed by atoms with Gasteiger partial charge in [-0.25, -0.2) is 0 Å². The Bertz CT molecular complexity index is 2180. The summed E-state index contributed by atoms with van der Waals surface area (Å²) >= 11 is 0. The minimum absolute atomic E-state index is 0. The van der Waals surface area contributed by atoms with E-state index in [1.807, 2.05) is 73.6 Å². The van der Waals surface area contributed by atoms with Crippen molar-refractivity contribution < 1.29 is 67.3 Å². The Balaban J connectivity index is 0.000000628. The molecule has 6 fully saturated rings. The van der Waals surface area contributed by atoms with Gasteiger partial charge < -0.3 is 58.7 Å². The second-order valence-electron chi connectivity index (χ2n) is 23.2. The molecule has 23 heteroatoms. The van der Waals surface area contributed by atoms with Crippen LogP contribution in [0.3, 0.4) is 0 Å². The van der Waals surface area contributed by atoms with Crippen molar-refractivity contribution in [2.45, 2.75) is 238 Å². The zero-order chi connectivity index (χ0) is 61.6. The molecule has 21 atom stereocenters. The van der Waals surface area contributed by atoms with Crippen LogP contribution >= 0.6 is 59.6 Å². The number of ether oxygens (including phenoxy) is 8. The lowest BCUT2D eigenvalue weighted by molar-refractivity contribution is -0.171. The summed E-state index contributed by atoms with van der Waals surface area (Å²) in [5, 5.41) is 26.5. The molecule has 0 saturated carbocycles. The molecule has 0 radical (unpaired) electrons. The Morgan fingerprint density at radius 3 is 1.38 bits per heavy atom. The Hall–Kier alpha value is -1.25. The fraction of sp³-hybridized carbons (Fsp3) is 0.695. The molecular weight excluding hydrogens is 1180 g/mol. The van der Waals surface area contributed by atoms with E-state index in [1.165, 1.54) is 26.0 Å². The van der Waals surface area contributed by atoms with Gasteiger partial charge in [-0.2, -0.15) is 0 Å². The Labute approximate surface area is 507 Å². The molecule has 5 unspecified atom stereocenters. The average Bonchev–Trinajstić information content (AvgIpc) is 4.33. The van der Waals surface area contributed by atoms with E-state index in [2.05, 4.69) is 94.4 Å². The van der Waals surface area contributed by atoms with Crippen molar-refractivity contribution >= 4 is 83.3 Å². The van der Waals surface area contributed by atoms with Crippen molar-refractivity contribution in [3.05, 3.63) is 85.1 Å². The molecule has 6 aliphatic heterocycles. The molecule has 2 spiro atoms. The summed E-state index contributed by atoms with van der Waals surface area (Å²) in [7, 11) is 14.0. The number of amides is 2. The maximum atomic E-state index is 12.3. The van der Waals surface area contributed by atoms with Crippen LogP contribution in [0.2, 0.25) is 0 Å². The molecule has 0 aromatic carbocycles. The van der Waals surface area contributed by atoms with Crippen LogP contribution in [0.25, 0.3) is 0 Å². The van der Waals surface area contributed by atoms with Gasteiger partial charge in [-0.1, -0.05) is 83.4 Å². The minimum atomic E-state index is -0.663. The minimum Gasteiger partial charge on any atom is -0.459 e. The van der Waals surface area contributed by atoms with Gasteiger partial charge in [-0.15, -0.1) is 51.2 Å².